The number of benzene rings is 1. The van der Waals surface area contributed by atoms with Gasteiger partial charge < -0.3 is 10.8 Å². The van der Waals surface area contributed by atoms with Crippen molar-refractivity contribution in [2.45, 2.75) is 6.10 Å². The Balaban J connectivity index is 2.39. The van der Waals surface area contributed by atoms with Gasteiger partial charge in [-0.1, -0.05) is 23.7 Å². The zero-order valence-electron chi connectivity index (χ0n) is 8.34. The lowest BCUT2D eigenvalue weighted by atomic mass is 10.1. The van der Waals surface area contributed by atoms with Crippen molar-refractivity contribution in [3.8, 4) is 0 Å². The lowest BCUT2D eigenvalue weighted by Gasteiger charge is -2.11. The molecule has 1 heterocycles. The minimum atomic E-state index is -0.910. The summed E-state index contributed by atoms with van der Waals surface area (Å²) in [6.45, 7) is 0. The number of hydrogen-bond donors (Lipinski definition) is 2. The van der Waals surface area contributed by atoms with Crippen molar-refractivity contribution in [1.82, 2.24) is 9.97 Å². The van der Waals surface area contributed by atoms with Gasteiger partial charge in [-0.25, -0.2) is 4.98 Å². The molecule has 1 aromatic heterocycles. The van der Waals surface area contributed by atoms with Crippen molar-refractivity contribution < 1.29 is 5.11 Å². The van der Waals surface area contributed by atoms with E-state index in [1.54, 1.807) is 24.3 Å². The van der Waals surface area contributed by atoms with Crippen LogP contribution in [0.15, 0.2) is 36.7 Å². The van der Waals surface area contributed by atoms with Crippen LogP contribution >= 0.6 is 11.6 Å². The van der Waals surface area contributed by atoms with Crippen LogP contribution < -0.4 is 5.73 Å². The molecule has 0 aliphatic rings. The van der Waals surface area contributed by atoms with Gasteiger partial charge in [0.05, 0.1) is 0 Å². The zero-order chi connectivity index (χ0) is 11.5. The first kappa shape index (κ1) is 10.9. The van der Waals surface area contributed by atoms with Crippen LogP contribution in [0, 0.1) is 0 Å². The summed E-state index contributed by atoms with van der Waals surface area (Å²) in [5.74, 6) is 0.218. The molecule has 0 saturated carbocycles. The number of halogens is 1. The lowest BCUT2D eigenvalue weighted by molar-refractivity contribution is 0.216. The smallest absolute Gasteiger partial charge is 0.148 e. The van der Waals surface area contributed by atoms with E-state index in [-0.39, 0.29) is 5.82 Å². The van der Waals surface area contributed by atoms with Gasteiger partial charge >= 0.3 is 0 Å². The molecular weight excluding hydrogens is 226 g/mol. The Morgan fingerprint density at radius 1 is 1.25 bits per heavy atom. The van der Waals surface area contributed by atoms with E-state index < -0.39 is 6.10 Å². The molecule has 4 nitrogen and oxygen atoms in total. The number of aromatic nitrogens is 2. The number of anilines is 1. The first-order chi connectivity index (χ1) is 7.68. The molecular formula is C11H10ClN3O. The fourth-order valence-electron chi connectivity index (χ4n) is 1.40. The summed E-state index contributed by atoms with van der Waals surface area (Å²) in [5.41, 5.74) is 6.61. The summed E-state index contributed by atoms with van der Waals surface area (Å²) < 4.78 is 0. The molecule has 1 aromatic carbocycles. The summed E-state index contributed by atoms with van der Waals surface area (Å²) in [6.07, 6.45) is 2.05. The van der Waals surface area contributed by atoms with E-state index in [1.807, 2.05) is 0 Å². The van der Waals surface area contributed by atoms with Crippen LogP contribution in [-0.4, -0.2) is 15.1 Å². The highest BCUT2D eigenvalue weighted by Crippen LogP contribution is 2.24. The van der Waals surface area contributed by atoms with E-state index in [1.165, 1.54) is 12.4 Å². The maximum absolute atomic E-state index is 10.1. The monoisotopic (exact) mass is 235 g/mol. The van der Waals surface area contributed by atoms with Gasteiger partial charge in [-0.3, -0.25) is 4.98 Å². The van der Waals surface area contributed by atoms with Gasteiger partial charge in [-0.15, -0.1) is 0 Å². The standard InChI is InChI=1S/C11H10ClN3O/c12-8-3-1-2-7(6-8)10(16)9-11(13)15-5-4-14-9/h1-6,10,16H,(H2,13,15). The lowest BCUT2D eigenvalue weighted by Crippen LogP contribution is -2.07. The molecule has 3 N–H and O–H groups in total. The molecule has 0 aliphatic heterocycles. The quantitative estimate of drug-likeness (QED) is 0.833. The van der Waals surface area contributed by atoms with Crippen LogP contribution in [0.4, 0.5) is 5.82 Å². The molecule has 0 saturated heterocycles. The maximum Gasteiger partial charge on any atom is 0.148 e. The summed E-state index contributed by atoms with van der Waals surface area (Å²) >= 11 is 5.84. The fourth-order valence-corrected chi connectivity index (χ4v) is 1.60. The van der Waals surface area contributed by atoms with Gasteiger partial charge in [-0.2, -0.15) is 0 Å². The van der Waals surface area contributed by atoms with Crippen LogP contribution in [0.1, 0.15) is 17.4 Å². The molecule has 1 unspecified atom stereocenters. The normalized spacial score (nSPS) is 12.4. The number of nitrogens with two attached hydrogens (primary N) is 1. The first-order valence-electron chi connectivity index (χ1n) is 4.68. The molecule has 5 heteroatoms. The molecule has 0 amide bonds. The Labute approximate surface area is 97.7 Å². The van der Waals surface area contributed by atoms with Crippen LogP contribution in [-0.2, 0) is 0 Å². The van der Waals surface area contributed by atoms with Crippen molar-refractivity contribution >= 4 is 17.4 Å². The Morgan fingerprint density at radius 3 is 2.69 bits per heavy atom. The molecule has 0 radical (unpaired) electrons. The van der Waals surface area contributed by atoms with Crippen LogP contribution in [0.3, 0.4) is 0 Å². The highest BCUT2D eigenvalue weighted by Gasteiger charge is 2.15. The maximum atomic E-state index is 10.1. The largest absolute Gasteiger partial charge is 0.382 e. The SMILES string of the molecule is Nc1nccnc1C(O)c1cccc(Cl)c1. The second-order valence-electron chi connectivity index (χ2n) is 3.28. The van der Waals surface area contributed by atoms with E-state index in [2.05, 4.69) is 9.97 Å². The van der Waals surface area contributed by atoms with E-state index in [4.69, 9.17) is 17.3 Å². The molecule has 0 aliphatic carbocycles. The molecule has 0 bridgehead atoms. The van der Waals surface area contributed by atoms with Gasteiger partial charge in [-0.05, 0) is 17.7 Å². The third-order valence-electron chi connectivity index (χ3n) is 2.18. The minimum Gasteiger partial charge on any atom is -0.382 e. The average molecular weight is 236 g/mol. The molecule has 1 atom stereocenters. The van der Waals surface area contributed by atoms with Crippen molar-refractivity contribution in [2.24, 2.45) is 0 Å². The third-order valence-corrected chi connectivity index (χ3v) is 2.41. The van der Waals surface area contributed by atoms with Crippen molar-refractivity contribution in [3.63, 3.8) is 0 Å². The second-order valence-corrected chi connectivity index (χ2v) is 3.72. The zero-order valence-corrected chi connectivity index (χ0v) is 9.09. The Bertz CT molecular complexity index is 504. The van der Waals surface area contributed by atoms with E-state index >= 15 is 0 Å². The number of rotatable bonds is 2. The second kappa shape index (κ2) is 4.47. The van der Waals surface area contributed by atoms with Gasteiger partial charge in [0, 0.05) is 17.4 Å². The molecule has 2 aromatic rings. The van der Waals surface area contributed by atoms with Crippen molar-refractivity contribution in [3.05, 3.63) is 52.9 Å². The fraction of sp³-hybridized carbons (Fsp3) is 0.0909. The highest BCUT2D eigenvalue weighted by molar-refractivity contribution is 6.30. The van der Waals surface area contributed by atoms with E-state index in [9.17, 15) is 5.11 Å². The van der Waals surface area contributed by atoms with Gasteiger partial charge in [0.1, 0.15) is 17.6 Å². The predicted molar refractivity (Wildman–Crippen MR) is 62.0 cm³/mol. The summed E-state index contributed by atoms with van der Waals surface area (Å²) in [6, 6.07) is 6.91. The predicted octanol–water partition coefficient (Wildman–Crippen LogP) is 1.79. The average Bonchev–Trinajstić information content (AvgIpc) is 2.29. The number of aliphatic hydroxyl groups excluding tert-OH is 1. The Kier molecular flexibility index (Phi) is 3.03. The van der Waals surface area contributed by atoms with Crippen LogP contribution in [0.2, 0.25) is 5.02 Å². The van der Waals surface area contributed by atoms with Gasteiger partial charge in [0.15, 0.2) is 0 Å². The van der Waals surface area contributed by atoms with Crippen LogP contribution in [0.5, 0.6) is 0 Å². The molecule has 2 rings (SSSR count). The number of aliphatic hydroxyl groups is 1. The summed E-state index contributed by atoms with van der Waals surface area (Å²) in [5, 5.41) is 10.6. The summed E-state index contributed by atoms with van der Waals surface area (Å²) in [7, 11) is 0. The number of nitrogen functional groups attached to an aromatic ring is 1. The summed E-state index contributed by atoms with van der Waals surface area (Å²) in [4.78, 5) is 7.87. The molecule has 82 valence electrons. The number of nitrogens with zero attached hydrogens (tertiary/aromatic N) is 2. The number of hydrogen-bond acceptors (Lipinski definition) is 4. The Hall–Kier alpha value is -1.65. The van der Waals surface area contributed by atoms with Crippen molar-refractivity contribution in [1.29, 1.82) is 0 Å². The van der Waals surface area contributed by atoms with Gasteiger partial charge in [0.25, 0.3) is 0 Å². The topological polar surface area (TPSA) is 72.0 Å². The minimum absolute atomic E-state index is 0.218. The third kappa shape index (κ3) is 2.13. The molecule has 16 heavy (non-hydrogen) atoms. The highest BCUT2D eigenvalue weighted by atomic mass is 35.5. The van der Waals surface area contributed by atoms with Crippen molar-refractivity contribution in [2.75, 3.05) is 5.73 Å². The van der Waals surface area contributed by atoms with Gasteiger partial charge in [0.2, 0.25) is 0 Å². The molecule has 0 spiro atoms. The Morgan fingerprint density at radius 2 is 2.00 bits per heavy atom. The van der Waals surface area contributed by atoms with E-state index in [0.717, 1.165) is 0 Å². The molecule has 0 fully saturated rings. The van der Waals surface area contributed by atoms with Crippen LogP contribution in [0.25, 0.3) is 0 Å². The van der Waals surface area contributed by atoms with E-state index in [0.29, 0.717) is 16.3 Å². The first-order valence-corrected chi connectivity index (χ1v) is 5.06.